The molecule has 1 unspecified atom stereocenters. The van der Waals surface area contributed by atoms with Crippen LogP contribution in [-0.2, 0) is 0 Å². The van der Waals surface area contributed by atoms with Gasteiger partial charge in [-0.3, -0.25) is 5.32 Å². The van der Waals surface area contributed by atoms with E-state index < -0.39 is 18.3 Å². The normalized spacial score (nSPS) is 14.7. The first-order valence-electron chi connectivity index (χ1n) is 6.51. The fraction of sp³-hybridized carbons (Fsp3) is 0.250. The molecule has 0 saturated heterocycles. The number of nitrogens with one attached hydrogen (secondary N) is 1. The summed E-state index contributed by atoms with van der Waals surface area (Å²) in [6.07, 6.45) is -4.38. The van der Waals surface area contributed by atoms with Gasteiger partial charge in [0.15, 0.2) is 0 Å². The summed E-state index contributed by atoms with van der Waals surface area (Å²) >= 11 is 6.04. The zero-order valence-corrected chi connectivity index (χ0v) is 12.1. The van der Waals surface area contributed by atoms with Gasteiger partial charge in [0.2, 0.25) is 0 Å². The molecule has 2 aromatic carbocycles. The molecule has 21 heavy (non-hydrogen) atoms. The molecule has 0 aromatic heterocycles. The van der Waals surface area contributed by atoms with Crippen LogP contribution in [0.3, 0.4) is 0 Å². The number of halogens is 4. The SMILES string of the molecule is C[C@@H](NC(c1ccccc1)C(F)(F)F)c1ccccc1Cl. The summed E-state index contributed by atoms with van der Waals surface area (Å²) in [5, 5.41) is 3.07. The van der Waals surface area contributed by atoms with E-state index in [0.717, 1.165) is 0 Å². The first-order valence-corrected chi connectivity index (χ1v) is 6.89. The van der Waals surface area contributed by atoms with Gasteiger partial charge in [-0.15, -0.1) is 0 Å². The Morgan fingerprint density at radius 2 is 1.52 bits per heavy atom. The van der Waals surface area contributed by atoms with Crippen molar-refractivity contribution in [3.63, 3.8) is 0 Å². The monoisotopic (exact) mass is 313 g/mol. The largest absolute Gasteiger partial charge is 0.407 e. The lowest BCUT2D eigenvalue weighted by atomic mass is 10.0. The highest BCUT2D eigenvalue weighted by Crippen LogP contribution is 2.35. The molecule has 0 radical (unpaired) electrons. The first-order chi connectivity index (χ1) is 9.89. The molecule has 0 saturated carbocycles. The van der Waals surface area contributed by atoms with E-state index in [4.69, 9.17) is 11.6 Å². The Labute approximate surface area is 126 Å². The average Bonchev–Trinajstić information content (AvgIpc) is 2.44. The van der Waals surface area contributed by atoms with Crippen LogP contribution in [0.2, 0.25) is 5.02 Å². The van der Waals surface area contributed by atoms with Crippen molar-refractivity contribution in [2.75, 3.05) is 0 Å². The minimum atomic E-state index is -4.38. The number of alkyl halides is 3. The maximum absolute atomic E-state index is 13.3. The van der Waals surface area contributed by atoms with E-state index in [1.54, 1.807) is 49.4 Å². The zero-order valence-electron chi connectivity index (χ0n) is 11.4. The van der Waals surface area contributed by atoms with Gasteiger partial charge in [0.1, 0.15) is 6.04 Å². The summed E-state index contributed by atoms with van der Waals surface area (Å²) in [5.41, 5.74) is 0.827. The second-order valence-electron chi connectivity index (χ2n) is 4.80. The van der Waals surface area contributed by atoms with E-state index >= 15 is 0 Å². The number of benzene rings is 2. The van der Waals surface area contributed by atoms with Crippen molar-refractivity contribution in [1.82, 2.24) is 5.32 Å². The van der Waals surface area contributed by atoms with Crippen molar-refractivity contribution in [3.05, 3.63) is 70.7 Å². The van der Waals surface area contributed by atoms with Crippen molar-refractivity contribution >= 4 is 11.6 Å². The van der Waals surface area contributed by atoms with E-state index in [1.807, 2.05) is 0 Å². The highest BCUT2D eigenvalue weighted by Gasteiger charge is 2.41. The Hall–Kier alpha value is -1.52. The molecule has 5 heteroatoms. The first kappa shape index (κ1) is 15.9. The summed E-state index contributed by atoms with van der Waals surface area (Å²) in [4.78, 5) is 0. The summed E-state index contributed by atoms with van der Waals surface area (Å²) in [5.74, 6) is 0. The van der Waals surface area contributed by atoms with Crippen LogP contribution < -0.4 is 5.32 Å². The molecular formula is C16H15ClF3N. The molecule has 2 atom stereocenters. The predicted octanol–water partition coefficient (Wildman–Crippen LogP) is 5.29. The average molecular weight is 314 g/mol. The summed E-state index contributed by atoms with van der Waals surface area (Å²) in [7, 11) is 0. The topological polar surface area (TPSA) is 12.0 Å². The molecule has 0 fully saturated rings. The molecule has 2 aromatic rings. The molecule has 0 aliphatic carbocycles. The van der Waals surface area contributed by atoms with Gasteiger partial charge in [0.25, 0.3) is 0 Å². The quantitative estimate of drug-likeness (QED) is 0.808. The molecule has 0 bridgehead atoms. The fourth-order valence-electron chi connectivity index (χ4n) is 2.19. The Morgan fingerprint density at radius 3 is 2.10 bits per heavy atom. The minimum absolute atomic E-state index is 0.184. The summed E-state index contributed by atoms with van der Waals surface area (Å²) in [6, 6.07) is 12.4. The fourth-order valence-corrected chi connectivity index (χ4v) is 2.49. The van der Waals surface area contributed by atoms with Crippen molar-refractivity contribution in [2.24, 2.45) is 0 Å². The molecule has 0 heterocycles. The maximum atomic E-state index is 13.3. The molecule has 1 N–H and O–H groups in total. The Balaban J connectivity index is 2.26. The van der Waals surface area contributed by atoms with Gasteiger partial charge in [-0.1, -0.05) is 60.1 Å². The van der Waals surface area contributed by atoms with E-state index in [0.29, 0.717) is 10.6 Å². The maximum Gasteiger partial charge on any atom is 0.407 e. The molecule has 112 valence electrons. The summed E-state index contributed by atoms with van der Waals surface area (Å²) < 4.78 is 39.9. The van der Waals surface area contributed by atoms with E-state index in [1.165, 1.54) is 12.1 Å². The second-order valence-corrected chi connectivity index (χ2v) is 5.20. The van der Waals surface area contributed by atoms with Crippen molar-refractivity contribution < 1.29 is 13.2 Å². The van der Waals surface area contributed by atoms with Crippen LogP contribution in [0.4, 0.5) is 13.2 Å². The lowest BCUT2D eigenvalue weighted by molar-refractivity contribution is -0.159. The van der Waals surface area contributed by atoms with Crippen molar-refractivity contribution in [2.45, 2.75) is 25.2 Å². The molecule has 0 aliphatic heterocycles. The van der Waals surface area contributed by atoms with Crippen molar-refractivity contribution in [1.29, 1.82) is 0 Å². The lowest BCUT2D eigenvalue weighted by Gasteiger charge is -2.26. The van der Waals surface area contributed by atoms with E-state index in [-0.39, 0.29) is 5.56 Å². The Bertz CT molecular complexity index is 584. The third-order valence-electron chi connectivity index (χ3n) is 3.25. The molecular weight excluding hydrogens is 299 g/mol. The van der Waals surface area contributed by atoms with Gasteiger partial charge in [0, 0.05) is 11.1 Å². The number of hydrogen-bond donors (Lipinski definition) is 1. The van der Waals surface area contributed by atoms with Gasteiger partial charge in [0.05, 0.1) is 0 Å². The van der Waals surface area contributed by atoms with Gasteiger partial charge in [-0.05, 0) is 24.1 Å². The third-order valence-corrected chi connectivity index (χ3v) is 3.59. The van der Waals surface area contributed by atoms with Crippen LogP contribution in [0.25, 0.3) is 0 Å². The van der Waals surface area contributed by atoms with E-state index in [2.05, 4.69) is 5.32 Å². The highest BCUT2D eigenvalue weighted by atomic mass is 35.5. The van der Waals surface area contributed by atoms with Crippen LogP contribution in [0.5, 0.6) is 0 Å². The minimum Gasteiger partial charge on any atom is -0.296 e. The Morgan fingerprint density at radius 1 is 0.952 bits per heavy atom. The van der Waals surface area contributed by atoms with Gasteiger partial charge in [-0.25, -0.2) is 0 Å². The Kier molecular flexibility index (Phi) is 4.91. The predicted molar refractivity (Wildman–Crippen MR) is 78.2 cm³/mol. The molecule has 0 amide bonds. The van der Waals surface area contributed by atoms with Crippen LogP contribution in [0, 0.1) is 0 Å². The molecule has 1 nitrogen and oxygen atoms in total. The zero-order chi connectivity index (χ0) is 15.5. The van der Waals surface area contributed by atoms with Gasteiger partial charge >= 0.3 is 6.18 Å². The van der Waals surface area contributed by atoms with Gasteiger partial charge in [-0.2, -0.15) is 13.2 Å². The van der Waals surface area contributed by atoms with Crippen molar-refractivity contribution in [3.8, 4) is 0 Å². The molecule has 2 rings (SSSR count). The standard InChI is InChI=1S/C16H15ClF3N/c1-11(13-9-5-6-10-14(13)17)21-15(16(18,19)20)12-7-3-2-4-8-12/h2-11,15,21H,1H3/t11-,15?/m1/s1. The molecule has 0 aliphatic rings. The smallest absolute Gasteiger partial charge is 0.296 e. The van der Waals surface area contributed by atoms with Crippen LogP contribution in [0.15, 0.2) is 54.6 Å². The highest BCUT2D eigenvalue weighted by molar-refractivity contribution is 6.31. The van der Waals surface area contributed by atoms with Gasteiger partial charge < -0.3 is 0 Å². The van der Waals surface area contributed by atoms with E-state index in [9.17, 15) is 13.2 Å². The van der Waals surface area contributed by atoms with Crippen LogP contribution in [0.1, 0.15) is 30.1 Å². The number of hydrogen-bond acceptors (Lipinski definition) is 1. The molecule has 0 spiro atoms. The number of rotatable bonds is 4. The lowest BCUT2D eigenvalue weighted by Crippen LogP contribution is -2.35. The third kappa shape index (κ3) is 3.99. The van der Waals surface area contributed by atoms with Crippen LogP contribution in [-0.4, -0.2) is 6.18 Å². The second kappa shape index (κ2) is 6.50. The van der Waals surface area contributed by atoms with Crippen LogP contribution >= 0.6 is 11.6 Å². The summed E-state index contributed by atoms with van der Waals surface area (Å²) in [6.45, 7) is 1.67.